The molecule has 11 heteroatoms. The number of guanidine groups is 1. The van der Waals surface area contributed by atoms with Gasteiger partial charge in [-0.15, -0.1) is 0 Å². The Morgan fingerprint density at radius 3 is 2.31 bits per heavy atom. The lowest BCUT2D eigenvalue weighted by Crippen LogP contribution is -2.25. The highest BCUT2D eigenvalue weighted by Gasteiger charge is 2.21. The molecular weight excluding hydrogens is 639 g/mol. The van der Waals surface area contributed by atoms with Gasteiger partial charge in [-0.3, -0.25) is 9.56 Å². The van der Waals surface area contributed by atoms with Crippen molar-refractivity contribution < 1.29 is 4.39 Å². The Labute approximate surface area is 295 Å². The van der Waals surface area contributed by atoms with E-state index < -0.39 is 0 Å². The summed E-state index contributed by atoms with van der Waals surface area (Å²) in [5.74, 6) is -0.167. The number of aryl methyl sites for hydroxylation is 1. The van der Waals surface area contributed by atoms with Gasteiger partial charge >= 0.3 is 5.69 Å². The maximum Gasteiger partial charge on any atom is 0.354 e. The van der Waals surface area contributed by atoms with Crippen LogP contribution in [0.1, 0.15) is 109 Å². The van der Waals surface area contributed by atoms with E-state index in [9.17, 15) is 9.18 Å². The number of aromatic amines is 1. The molecule has 0 unspecified atom stereocenters. The van der Waals surface area contributed by atoms with Gasteiger partial charge in [-0.2, -0.15) is 4.98 Å². The van der Waals surface area contributed by atoms with Gasteiger partial charge in [0.1, 0.15) is 11.5 Å². The fraction of sp³-hybridized carbons (Fsp3) is 0.500. The fourth-order valence-electron chi connectivity index (χ4n) is 5.48. The van der Waals surface area contributed by atoms with E-state index in [2.05, 4.69) is 66.2 Å². The first-order valence-corrected chi connectivity index (χ1v) is 17.5. The molecule has 0 amide bonds. The number of aliphatic imine (C=N–C) groups is 1. The highest BCUT2D eigenvalue weighted by Crippen LogP contribution is 2.31. The van der Waals surface area contributed by atoms with Gasteiger partial charge < -0.3 is 27.5 Å². The maximum atomic E-state index is 14.0. The molecule has 268 valence electrons. The van der Waals surface area contributed by atoms with Crippen molar-refractivity contribution in [2.45, 2.75) is 110 Å². The first kappa shape index (κ1) is 39.7. The number of nitrogens with one attached hydrogen (secondary N) is 2. The molecule has 0 bridgehead atoms. The van der Waals surface area contributed by atoms with Crippen molar-refractivity contribution in [2.75, 3.05) is 13.1 Å². The zero-order valence-corrected chi connectivity index (χ0v) is 31.2. The predicted molar refractivity (Wildman–Crippen MR) is 203 cm³/mol. The van der Waals surface area contributed by atoms with Gasteiger partial charge in [0.2, 0.25) is 0 Å². The second kappa shape index (κ2) is 17.3. The fourth-order valence-corrected chi connectivity index (χ4v) is 5.72. The lowest BCUT2D eigenvalue weighted by Gasteiger charge is -2.21. The summed E-state index contributed by atoms with van der Waals surface area (Å²) < 4.78 is 15.6. The van der Waals surface area contributed by atoms with E-state index in [1.54, 1.807) is 10.6 Å². The first-order chi connectivity index (χ1) is 22.9. The van der Waals surface area contributed by atoms with Gasteiger partial charge in [-0.05, 0) is 91.9 Å². The van der Waals surface area contributed by atoms with E-state index in [1.807, 2.05) is 52.1 Å². The van der Waals surface area contributed by atoms with E-state index in [0.717, 1.165) is 61.0 Å². The van der Waals surface area contributed by atoms with Crippen LogP contribution in [-0.4, -0.2) is 39.6 Å². The van der Waals surface area contributed by atoms with Crippen LogP contribution in [0.25, 0.3) is 16.7 Å². The predicted octanol–water partition coefficient (Wildman–Crippen LogP) is 7.16. The quantitative estimate of drug-likeness (QED) is 0.0603. The average molecular weight is 695 g/mol. The van der Waals surface area contributed by atoms with E-state index in [1.165, 1.54) is 5.56 Å². The van der Waals surface area contributed by atoms with E-state index >= 15 is 0 Å². The lowest BCUT2D eigenvalue weighted by molar-refractivity contribution is 0.513. The molecule has 0 saturated heterocycles. The molecule has 2 atom stereocenters. The van der Waals surface area contributed by atoms with Crippen LogP contribution in [0, 0.1) is 5.82 Å². The van der Waals surface area contributed by atoms with Gasteiger partial charge in [0.05, 0.1) is 10.7 Å². The van der Waals surface area contributed by atoms with Crippen LogP contribution in [0.3, 0.4) is 0 Å². The Balaban J connectivity index is 0.000000308. The van der Waals surface area contributed by atoms with Gasteiger partial charge in [0.25, 0.3) is 0 Å². The SMILES string of the molecule is CC[C@H](NCCCN=C(N)N)c1ccc(-n2cc3cc(C(C)(C)C)[nH]c3nc2=O)cc1.C[C@H](N)CCCc1cc(Cl)c(F)c(C(C)(C)C)c1. The molecule has 4 aromatic rings. The standard InChI is InChI=1S/C23H33N7O.C15H23ClFN/c1-5-18(26-11-6-12-27-21(24)25)15-7-9-17(10-8-15)30-14-16-13-19(23(2,3)4)28-20(16)29-22(30)31;1-10(18)6-5-7-11-8-12(15(2,3)4)14(17)13(16)9-11/h7-10,13-14,18,26H,5-6,11-12H2,1-4H3,(H4,24,25,27)(H,28,29,31);8-10H,5-7,18H2,1-4H3/t18-;10-/m00/s1. The van der Waals surface area contributed by atoms with Crippen LogP contribution < -0.4 is 28.2 Å². The van der Waals surface area contributed by atoms with Gasteiger partial charge in [-0.1, -0.05) is 78.3 Å². The monoisotopic (exact) mass is 694 g/mol. The second-order valence-electron chi connectivity index (χ2n) is 14.9. The van der Waals surface area contributed by atoms with Crippen LogP contribution in [0.2, 0.25) is 5.02 Å². The number of nitrogens with zero attached hydrogens (tertiary/aromatic N) is 3. The van der Waals surface area contributed by atoms with E-state index in [0.29, 0.717) is 17.8 Å². The normalized spacial score (nSPS) is 13.1. The lowest BCUT2D eigenvalue weighted by atomic mass is 9.85. The summed E-state index contributed by atoms with van der Waals surface area (Å²) in [6.07, 6.45) is 6.53. The maximum absolute atomic E-state index is 14.0. The molecule has 0 aliphatic rings. The number of hydrogen-bond acceptors (Lipinski definition) is 5. The molecule has 0 spiro atoms. The molecule has 2 aromatic carbocycles. The summed E-state index contributed by atoms with van der Waals surface area (Å²) >= 11 is 5.97. The molecule has 0 fully saturated rings. The topological polar surface area (TPSA) is 153 Å². The third kappa shape index (κ3) is 11.7. The third-order valence-corrected chi connectivity index (χ3v) is 8.61. The summed E-state index contributed by atoms with van der Waals surface area (Å²) in [5.41, 5.74) is 21.3. The van der Waals surface area contributed by atoms with Crippen molar-refractivity contribution in [1.82, 2.24) is 19.9 Å². The molecule has 4 rings (SSSR count). The molecule has 0 aliphatic carbocycles. The largest absolute Gasteiger partial charge is 0.370 e. The minimum absolute atomic E-state index is 0.0400. The zero-order chi connectivity index (χ0) is 36.5. The van der Waals surface area contributed by atoms with Gasteiger partial charge in [0, 0.05) is 41.3 Å². The number of benzene rings is 2. The average Bonchev–Trinajstić information content (AvgIpc) is 3.43. The Hall–Kier alpha value is -3.73. The molecule has 49 heavy (non-hydrogen) atoms. The summed E-state index contributed by atoms with van der Waals surface area (Å²) in [4.78, 5) is 24.1. The van der Waals surface area contributed by atoms with Crippen LogP contribution >= 0.6 is 11.6 Å². The van der Waals surface area contributed by atoms with Crippen molar-refractivity contribution in [1.29, 1.82) is 0 Å². The highest BCUT2D eigenvalue weighted by molar-refractivity contribution is 6.30. The Morgan fingerprint density at radius 1 is 1.06 bits per heavy atom. The number of H-pyrrole nitrogens is 1. The minimum Gasteiger partial charge on any atom is -0.370 e. The van der Waals surface area contributed by atoms with Crippen molar-refractivity contribution in [2.24, 2.45) is 22.2 Å². The van der Waals surface area contributed by atoms with Crippen molar-refractivity contribution in [3.63, 3.8) is 0 Å². The summed E-state index contributed by atoms with van der Waals surface area (Å²) in [6.45, 7) is 17.9. The smallest absolute Gasteiger partial charge is 0.354 e. The number of fused-ring (bicyclic) bond motifs is 1. The number of halogens is 2. The molecular formula is C38H56ClFN8O. The number of aromatic nitrogens is 3. The highest BCUT2D eigenvalue weighted by atomic mass is 35.5. The number of rotatable bonds is 12. The Morgan fingerprint density at radius 2 is 1.73 bits per heavy atom. The van der Waals surface area contributed by atoms with Crippen molar-refractivity contribution in [3.8, 4) is 5.69 Å². The van der Waals surface area contributed by atoms with Crippen LogP contribution in [0.4, 0.5) is 4.39 Å². The molecule has 9 nitrogen and oxygen atoms in total. The number of hydrogen-bond donors (Lipinski definition) is 5. The van der Waals surface area contributed by atoms with E-state index in [-0.39, 0.29) is 45.4 Å². The Kier molecular flexibility index (Phi) is 14.0. The Bertz CT molecular complexity index is 1740. The number of nitrogens with two attached hydrogens (primary N) is 3. The van der Waals surface area contributed by atoms with Crippen LogP contribution in [0.15, 0.2) is 58.4 Å². The summed E-state index contributed by atoms with van der Waals surface area (Å²) in [6, 6.07) is 14.2. The first-order valence-electron chi connectivity index (χ1n) is 17.2. The molecule has 8 N–H and O–H groups in total. The molecule has 0 saturated carbocycles. The summed E-state index contributed by atoms with van der Waals surface area (Å²) in [7, 11) is 0. The van der Waals surface area contributed by atoms with Crippen LogP contribution in [-0.2, 0) is 17.3 Å². The zero-order valence-electron chi connectivity index (χ0n) is 30.5. The van der Waals surface area contributed by atoms with Crippen molar-refractivity contribution >= 4 is 28.6 Å². The third-order valence-electron chi connectivity index (χ3n) is 8.34. The van der Waals surface area contributed by atoms with Crippen molar-refractivity contribution in [3.05, 3.63) is 92.4 Å². The minimum atomic E-state index is -0.299. The molecule has 2 heterocycles. The second-order valence-corrected chi connectivity index (χ2v) is 15.3. The van der Waals surface area contributed by atoms with Gasteiger partial charge in [0.15, 0.2) is 5.96 Å². The van der Waals surface area contributed by atoms with E-state index in [4.69, 9.17) is 28.8 Å². The molecule has 0 radical (unpaired) electrons. The molecule has 0 aliphatic heterocycles. The van der Waals surface area contributed by atoms with Crippen LogP contribution in [0.5, 0.6) is 0 Å². The molecule has 2 aromatic heterocycles. The summed E-state index contributed by atoms with van der Waals surface area (Å²) in [5, 5.41) is 4.67. The van der Waals surface area contributed by atoms with Gasteiger partial charge in [-0.25, -0.2) is 9.18 Å².